The Kier molecular flexibility index (Phi) is 7.87. The summed E-state index contributed by atoms with van der Waals surface area (Å²) in [6.07, 6.45) is 1.28. The van der Waals surface area contributed by atoms with E-state index in [1.54, 1.807) is 0 Å². The monoisotopic (exact) mass is 382 g/mol. The second kappa shape index (κ2) is 7.31. The molecule has 0 aromatic carbocycles. The molecule has 0 amide bonds. The number of halogens is 6. The number of rotatable bonds is 4. The third-order valence-electron chi connectivity index (χ3n) is 1.68. The van der Waals surface area contributed by atoms with E-state index in [0.717, 1.165) is 8.61 Å². The van der Waals surface area contributed by atoms with E-state index in [-0.39, 0.29) is 0 Å². The molecular formula is C8H16F6N2O4S2. The highest BCUT2D eigenvalue weighted by Gasteiger charge is 2.46. The summed E-state index contributed by atoms with van der Waals surface area (Å²) in [7, 11) is -6.81. The predicted octanol–water partition coefficient (Wildman–Crippen LogP) is 2.16. The van der Waals surface area contributed by atoms with Crippen LogP contribution in [0.15, 0.2) is 0 Å². The molecule has 0 aliphatic carbocycles. The number of nitrogens with zero attached hydrogens (tertiary/aromatic N) is 2. The lowest BCUT2D eigenvalue weighted by Crippen LogP contribution is -2.34. The lowest BCUT2D eigenvalue weighted by molar-refractivity contribution is -0.870. The zero-order chi connectivity index (χ0) is 18.6. The minimum atomic E-state index is -6.72. The van der Waals surface area contributed by atoms with Crippen LogP contribution in [-0.2, 0) is 20.0 Å². The molecule has 0 heterocycles. The van der Waals surface area contributed by atoms with Gasteiger partial charge in [0.1, 0.15) is 0 Å². The minimum absolute atomic E-state index is 0.778. The van der Waals surface area contributed by atoms with E-state index >= 15 is 0 Å². The Hall–Kier alpha value is -0.600. The highest BCUT2D eigenvalue weighted by atomic mass is 32.3. The molecule has 0 fully saturated rings. The van der Waals surface area contributed by atoms with Crippen molar-refractivity contribution in [1.29, 1.82) is 0 Å². The predicted molar refractivity (Wildman–Crippen MR) is 66.5 cm³/mol. The van der Waals surface area contributed by atoms with Gasteiger partial charge in [0.25, 0.3) is 0 Å². The highest BCUT2D eigenvalue weighted by molar-refractivity contribution is 8.13. The first-order chi connectivity index (χ1) is 9.27. The van der Waals surface area contributed by atoms with Gasteiger partial charge in [-0.2, -0.15) is 26.3 Å². The van der Waals surface area contributed by atoms with Crippen LogP contribution in [0.3, 0.4) is 0 Å². The van der Waals surface area contributed by atoms with Gasteiger partial charge in [-0.3, -0.25) is 0 Å². The van der Waals surface area contributed by atoms with Gasteiger partial charge in [-0.1, -0.05) is 6.92 Å². The van der Waals surface area contributed by atoms with Crippen LogP contribution < -0.4 is 0 Å². The molecule has 0 saturated carbocycles. The maximum absolute atomic E-state index is 11.4. The first-order valence-electron chi connectivity index (χ1n) is 5.44. The zero-order valence-corrected chi connectivity index (χ0v) is 13.7. The Morgan fingerprint density at radius 2 is 1.09 bits per heavy atom. The van der Waals surface area contributed by atoms with E-state index < -0.39 is 31.1 Å². The van der Waals surface area contributed by atoms with E-state index in [2.05, 4.69) is 28.1 Å². The average molecular weight is 382 g/mol. The van der Waals surface area contributed by atoms with Gasteiger partial charge >= 0.3 is 11.0 Å². The van der Waals surface area contributed by atoms with Crippen molar-refractivity contribution in [2.75, 3.05) is 27.7 Å². The van der Waals surface area contributed by atoms with Crippen LogP contribution in [0.25, 0.3) is 4.13 Å². The van der Waals surface area contributed by atoms with Crippen molar-refractivity contribution < 1.29 is 47.7 Å². The fraction of sp³-hybridized carbons (Fsp3) is 1.00. The van der Waals surface area contributed by atoms with Crippen molar-refractivity contribution in [3.8, 4) is 0 Å². The Labute approximate surface area is 124 Å². The molecule has 0 N–H and O–H groups in total. The SMILES string of the molecule is CCC[N+](C)(C)C.O=S(=O)([N-]S(=O)(=O)C(F)(F)F)C(F)(F)F. The summed E-state index contributed by atoms with van der Waals surface area (Å²) in [4.78, 5) is 0. The topological polar surface area (TPSA) is 82.4 Å². The normalized spacial score (nSPS) is 14.3. The molecular weight excluding hydrogens is 366 g/mol. The molecule has 0 aliphatic heterocycles. The Bertz CT molecular complexity index is 503. The van der Waals surface area contributed by atoms with Gasteiger partial charge in [0, 0.05) is 0 Å². The summed E-state index contributed by atoms with van der Waals surface area (Å²) in [5, 5.41) is 0. The van der Waals surface area contributed by atoms with Crippen LogP contribution in [0.2, 0.25) is 0 Å². The Morgan fingerprint density at radius 3 is 1.18 bits per heavy atom. The van der Waals surface area contributed by atoms with Crippen molar-refractivity contribution in [3.05, 3.63) is 4.13 Å². The largest absolute Gasteiger partial charge is 0.480 e. The molecule has 0 spiro atoms. The van der Waals surface area contributed by atoms with Crippen molar-refractivity contribution in [1.82, 2.24) is 0 Å². The summed E-state index contributed by atoms with van der Waals surface area (Å²) in [6.45, 7) is 3.49. The van der Waals surface area contributed by atoms with Gasteiger partial charge in [0.05, 0.1) is 27.7 Å². The summed E-state index contributed by atoms with van der Waals surface area (Å²) < 4.78 is 110. The Morgan fingerprint density at radius 1 is 0.818 bits per heavy atom. The molecule has 0 saturated heterocycles. The van der Waals surface area contributed by atoms with Crippen molar-refractivity contribution >= 4 is 20.0 Å². The molecule has 136 valence electrons. The van der Waals surface area contributed by atoms with Crippen LogP contribution in [0.1, 0.15) is 13.3 Å². The molecule has 0 rings (SSSR count). The maximum atomic E-state index is 11.4. The molecule has 22 heavy (non-hydrogen) atoms. The summed E-state index contributed by atoms with van der Waals surface area (Å²) in [5.74, 6) is 0. The standard InChI is InChI=1S/C6H16N.C2F6NO4S2/c1-5-6-7(2,3)4;3-1(4,5)14(10,11)9-15(12,13)2(6,7)8/h5-6H2,1-4H3;/q+1;-1. The lowest BCUT2D eigenvalue weighted by Gasteiger charge is -2.22. The van der Waals surface area contributed by atoms with Gasteiger partial charge in [-0.15, -0.1) is 0 Å². The molecule has 0 aliphatic rings. The summed E-state index contributed by atoms with van der Waals surface area (Å²) in [5.41, 5.74) is -12.4. The fourth-order valence-electron chi connectivity index (χ4n) is 0.885. The maximum Gasteiger partial charge on any atom is 0.480 e. The number of alkyl halides is 6. The molecule has 0 bridgehead atoms. The van der Waals surface area contributed by atoms with Crippen LogP contribution in [-0.4, -0.2) is 60.0 Å². The molecule has 14 heteroatoms. The van der Waals surface area contributed by atoms with E-state index in [9.17, 15) is 43.2 Å². The van der Waals surface area contributed by atoms with Crippen LogP contribution in [0.5, 0.6) is 0 Å². The second-order valence-corrected chi connectivity index (χ2v) is 8.35. The summed E-state index contributed by atoms with van der Waals surface area (Å²) in [6, 6.07) is 0. The third-order valence-corrected chi connectivity index (χ3v) is 4.42. The van der Waals surface area contributed by atoms with Crippen LogP contribution >= 0.6 is 0 Å². The van der Waals surface area contributed by atoms with Crippen LogP contribution in [0.4, 0.5) is 26.3 Å². The van der Waals surface area contributed by atoms with E-state index in [1.165, 1.54) is 13.0 Å². The van der Waals surface area contributed by atoms with Crippen molar-refractivity contribution in [3.63, 3.8) is 0 Å². The zero-order valence-electron chi connectivity index (χ0n) is 12.0. The number of quaternary nitrogens is 1. The van der Waals surface area contributed by atoms with Gasteiger partial charge < -0.3 is 8.61 Å². The van der Waals surface area contributed by atoms with Gasteiger partial charge in [-0.05, 0) is 6.42 Å². The first kappa shape index (κ1) is 23.7. The van der Waals surface area contributed by atoms with Gasteiger partial charge in [-0.25, -0.2) is 16.8 Å². The number of hydrogen-bond donors (Lipinski definition) is 0. The molecule has 0 aromatic rings. The van der Waals surface area contributed by atoms with Gasteiger partial charge in [0.15, 0.2) is 20.0 Å². The van der Waals surface area contributed by atoms with E-state index in [1.807, 2.05) is 0 Å². The average Bonchev–Trinajstić information content (AvgIpc) is 2.10. The highest BCUT2D eigenvalue weighted by Crippen LogP contribution is 2.36. The minimum Gasteiger partial charge on any atom is -0.421 e. The molecule has 0 atom stereocenters. The molecule has 0 radical (unpaired) electrons. The quantitative estimate of drug-likeness (QED) is 0.551. The second-order valence-electron chi connectivity index (χ2n) is 4.93. The number of sulfonamides is 2. The lowest BCUT2D eigenvalue weighted by atomic mass is 10.4. The smallest absolute Gasteiger partial charge is 0.421 e. The fourth-order valence-corrected chi connectivity index (χ4v) is 2.59. The van der Waals surface area contributed by atoms with Crippen LogP contribution in [0, 0.1) is 0 Å². The molecule has 0 unspecified atom stereocenters. The van der Waals surface area contributed by atoms with Gasteiger partial charge in [0.2, 0.25) is 0 Å². The van der Waals surface area contributed by atoms with Crippen molar-refractivity contribution in [2.45, 2.75) is 24.4 Å². The summed E-state index contributed by atoms with van der Waals surface area (Å²) >= 11 is 0. The van der Waals surface area contributed by atoms with E-state index in [0.29, 0.717) is 0 Å². The first-order valence-corrected chi connectivity index (χ1v) is 8.32. The van der Waals surface area contributed by atoms with Crippen molar-refractivity contribution in [2.24, 2.45) is 0 Å². The molecule has 0 aromatic heterocycles. The Balaban J connectivity index is 0. The number of hydrogen-bond acceptors (Lipinski definition) is 4. The molecule has 6 nitrogen and oxygen atoms in total. The van der Waals surface area contributed by atoms with E-state index in [4.69, 9.17) is 0 Å². The third kappa shape index (κ3) is 8.75.